The molecule has 0 aliphatic heterocycles. The molecule has 320 valence electrons. The van der Waals surface area contributed by atoms with E-state index >= 15 is 0 Å². The molecule has 8 heteroatoms. The van der Waals surface area contributed by atoms with E-state index in [1.54, 1.807) is 0 Å². The Morgan fingerprint density at radius 1 is 0.275 bits per heavy atom. The first kappa shape index (κ1) is 36.7. The van der Waals surface area contributed by atoms with Crippen molar-refractivity contribution in [2.45, 2.75) is 0 Å². The fourth-order valence-corrected chi connectivity index (χ4v) is 11.7. The summed E-state index contributed by atoms with van der Waals surface area (Å²) in [6.45, 7) is 0. The Labute approximate surface area is 392 Å². The molecule has 0 saturated heterocycles. The van der Waals surface area contributed by atoms with Crippen LogP contribution >= 0.6 is 0 Å². The van der Waals surface area contributed by atoms with Gasteiger partial charge in [0, 0.05) is 72.2 Å². The van der Waals surface area contributed by atoms with E-state index in [9.17, 15) is 0 Å². The highest BCUT2D eigenvalue weighted by Crippen LogP contribution is 2.45. The summed E-state index contributed by atoms with van der Waals surface area (Å²) in [6, 6.07) is 74.5. The fourth-order valence-electron chi connectivity index (χ4n) is 11.7. The molecular formula is C61H36N8. The molecular weight excluding hydrogens is 845 g/mol. The van der Waals surface area contributed by atoms with Crippen LogP contribution in [-0.2, 0) is 0 Å². The number of hydrogen-bond acceptors (Lipinski definition) is 3. The monoisotopic (exact) mass is 880 g/mol. The van der Waals surface area contributed by atoms with E-state index in [2.05, 4.69) is 217 Å². The molecule has 69 heavy (non-hydrogen) atoms. The maximum atomic E-state index is 5.88. The van der Waals surface area contributed by atoms with E-state index in [0.717, 1.165) is 105 Å². The van der Waals surface area contributed by atoms with Crippen LogP contribution in [0, 0.1) is 0 Å². The molecule has 0 amide bonds. The molecule has 0 radical (unpaired) electrons. The Bertz CT molecular complexity index is 4840. The third-order valence-corrected chi connectivity index (χ3v) is 14.5. The standard InChI is InChI=1S/C61H36N8/c1-3-17-37(18-4-1)65-48-26-11-7-21-39(48)44-35-55-46(33-53(44)65)41-23-9-13-28-50(41)67(55)60-61(69-52-30-16-32-63-58(52)57-43(59(69)64-60)25-15-31-62-57)68-51-29-14-10-24-42(51)47-34-54-45(36-56(47)68)40-22-8-12-27-49(40)66(54)38-19-5-2-6-20-38/h1-36H. The number of hydrogen-bond donors (Lipinski definition) is 0. The smallest absolute Gasteiger partial charge is 0.182 e. The summed E-state index contributed by atoms with van der Waals surface area (Å²) in [5.41, 5.74) is 14.6. The molecule has 16 rings (SSSR count). The maximum absolute atomic E-state index is 5.88. The van der Waals surface area contributed by atoms with Crippen molar-refractivity contribution in [3.8, 4) is 23.0 Å². The van der Waals surface area contributed by atoms with Crippen molar-refractivity contribution in [3.63, 3.8) is 0 Å². The largest absolute Gasteiger partial charge is 0.309 e. The van der Waals surface area contributed by atoms with Gasteiger partial charge in [-0.25, -0.2) is 4.98 Å². The quantitative estimate of drug-likeness (QED) is 0.165. The topological polar surface area (TPSA) is 62.8 Å². The number of para-hydroxylation sites is 6. The van der Waals surface area contributed by atoms with Gasteiger partial charge in [0.1, 0.15) is 11.0 Å². The van der Waals surface area contributed by atoms with Crippen molar-refractivity contribution >= 4 is 115 Å². The second kappa shape index (κ2) is 13.5. The van der Waals surface area contributed by atoms with Crippen LogP contribution in [0.15, 0.2) is 219 Å². The lowest BCUT2D eigenvalue weighted by molar-refractivity contribution is 1.02. The highest BCUT2D eigenvalue weighted by molar-refractivity contribution is 6.21. The van der Waals surface area contributed by atoms with Gasteiger partial charge in [0.25, 0.3) is 0 Å². The summed E-state index contributed by atoms with van der Waals surface area (Å²) in [5, 5.41) is 10.3. The number of imidazole rings is 1. The Balaban J connectivity index is 1.12. The lowest BCUT2D eigenvalue weighted by atomic mass is 10.1. The molecule has 0 bridgehead atoms. The minimum atomic E-state index is 0.809. The van der Waals surface area contributed by atoms with Crippen LogP contribution in [-0.4, -0.2) is 37.6 Å². The normalized spacial score (nSPS) is 12.3. The average Bonchev–Trinajstić information content (AvgIpc) is 4.21. The van der Waals surface area contributed by atoms with E-state index in [1.807, 2.05) is 24.5 Å². The predicted molar refractivity (Wildman–Crippen MR) is 283 cm³/mol. The molecule has 16 aromatic rings. The van der Waals surface area contributed by atoms with Crippen LogP contribution in [0.4, 0.5) is 0 Å². The van der Waals surface area contributed by atoms with Crippen molar-refractivity contribution in [2.75, 3.05) is 0 Å². The molecule has 8 nitrogen and oxygen atoms in total. The first-order chi connectivity index (χ1) is 34.3. The molecule has 0 spiro atoms. The van der Waals surface area contributed by atoms with Gasteiger partial charge in [-0.2, -0.15) is 0 Å². The molecule has 0 unspecified atom stereocenters. The second-order valence-electron chi connectivity index (χ2n) is 18.0. The molecule has 0 aliphatic rings. The summed E-state index contributed by atoms with van der Waals surface area (Å²) >= 11 is 0. The van der Waals surface area contributed by atoms with Gasteiger partial charge in [0.2, 0.25) is 0 Å². The molecule has 0 N–H and O–H groups in total. The van der Waals surface area contributed by atoms with Gasteiger partial charge in [0.05, 0.1) is 49.7 Å². The van der Waals surface area contributed by atoms with E-state index in [1.165, 1.54) is 32.6 Å². The summed E-state index contributed by atoms with van der Waals surface area (Å²) in [4.78, 5) is 15.9. The minimum absolute atomic E-state index is 0.809. The fraction of sp³-hybridized carbons (Fsp3) is 0. The molecule has 0 aliphatic carbocycles. The van der Waals surface area contributed by atoms with Crippen LogP contribution in [0.2, 0.25) is 0 Å². The second-order valence-corrected chi connectivity index (χ2v) is 18.0. The zero-order valence-electron chi connectivity index (χ0n) is 36.9. The maximum Gasteiger partial charge on any atom is 0.182 e. The van der Waals surface area contributed by atoms with Gasteiger partial charge >= 0.3 is 0 Å². The molecule has 8 heterocycles. The van der Waals surface area contributed by atoms with Crippen LogP contribution in [0.3, 0.4) is 0 Å². The number of nitrogens with zero attached hydrogens (tertiary/aromatic N) is 8. The zero-order chi connectivity index (χ0) is 44.9. The van der Waals surface area contributed by atoms with Gasteiger partial charge in [-0.05, 0) is 97.1 Å². The summed E-state index contributed by atoms with van der Waals surface area (Å²) in [7, 11) is 0. The Hall–Kier alpha value is -9.53. The number of pyridine rings is 3. The highest BCUT2D eigenvalue weighted by atomic mass is 15.3. The van der Waals surface area contributed by atoms with Crippen molar-refractivity contribution in [2.24, 2.45) is 0 Å². The first-order valence-corrected chi connectivity index (χ1v) is 23.4. The van der Waals surface area contributed by atoms with Crippen LogP contribution in [0.25, 0.3) is 138 Å². The summed E-state index contributed by atoms with van der Waals surface area (Å²) in [6.07, 6.45) is 3.72. The number of rotatable bonds is 4. The third kappa shape index (κ3) is 4.83. The molecule has 8 aromatic carbocycles. The SMILES string of the molecule is c1ccc(-n2c3ccccc3c3cc4c(cc32)c2ccccc2n4-c2nc3c4cccnc4c4ncccc4n3c2-n2c3ccccc3c3cc4c(cc32)c2ccccc2n4-c2ccccc2)cc1. The summed E-state index contributed by atoms with van der Waals surface area (Å²) < 4.78 is 12.0. The Morgan fingerprint density at radius 2 is 0.652 bits per heavy atom. The molecule has 0 atom stereocenters. The number of fused-ring (bicyclic) bond motifs is 18. The highest BCUT2D eigenvalue weighted by Gasteiger charge is 2.29. The van der Waals surface area contributed by atoms with Crippen LogP contribution in [0.5, 0.6) is 0 Å². The molecule has 0 fully saturated rings. The van der Waals surface area contributed by atoms with Crippen LogP contribution < -0.4 is 0 Å². The van der Waals surface area contributed by atoms with Crippen molar-refractivity contribution < 1.29 is 0 Å². The Morgan fingerprint density at radius 3 is 1.17 bits per heavy atom. The van der Waals surface area contributed by atoms with Gasteiger partial charge in [-0.15, -0.1) is 0 Å². The van der Waals surface area contributed by atoms with Crippen molar-refractivity contribution in [3.05, 3.63) is 219 Å². The van der Waals surface area contributed by atoms with Gasteiger partial charge < -0.3 is 9.13 Å². The van der Waals surface area contributed by atoms with E-state index in [-0.39, 0.29) is 0 Å². The van der Waals surface area contributed by atoms with Gasteiger partial charge in [-0.1, -0.05) is 109 Å². The van der Waals surface area contributed by atoms with E-state index in [4.69, 9.17) is 15.0 Å². The van der Waals surface area contributed by atoms with Crippen molar-refractivity contribution in [1.29, 1.82) is 0 Å². The number of aromatic nitrogens is 8. The van der Waals surface area contributed by atoms with Crippen LogP contribution in [0.1, 0.15) is 0 Å². The predicted octanol–water partition coefficient (Wildman–Crippen LogP) is 14.8. The summed E-state index contributed by atoms with van der Waals surface area (Å²) in [5.74, 6) is 1.73. The van der Waals surface area contributed by atoms with Gasteiger partial charge in [0.15, 0.2) is 17.3 Å². The molecule has 8 aromatic heterocycles. The minimum Gasteiger partial charge on any atom is -0.309 e. The number of benzene rings is 8. The lowest BCUT2D eigenvalue weighted by Gasteiger charge is -2.14. The van der Waals surface area contributed by atoms with Gasteiger partial charge in [-0.3, -0.25) is 23.5 Å². The van der Waals surface area contributed by atoms with E-state index < -0.39 is 0 Å². The lowest BCUT2D eigenvalue weighted by Crippen LogP contribution is -2.06. The molecule has 0 saturated carbocycles. The average molecular weight is 881 g/mol. The first-order valence-electron chi connectivity index (χ1n) is 23.4. The van der Waals surface area contributed by atoms with E-state index in [0.29, 0.717) is 0 Å². The third-order valence-electron chi connectivity index (χ3n) is 14.5. The zero-order valence-corrected chi connectivity index (χ0v) is 36.9. The van der Waals surface area contributed by atoms with Crippen molar-refractivity contribution in [1.82, 2.24) is 37.6 Å². The Kier molecular flexibility index (Phi) is 7.19.